The van der Waals surface area contributed by atoms with Crippen LogP contribution >= 0.6 is 23.2 Å². The molecule has 0 unspecified atom stereocenters. The van der Waals surface area contributed by atoms with Gasteiger partial charge < -0.3 is 10.2 Å². The van der Waals surface area contributed by atoms with Crippen molar-refractivity contribution < 1.29 is 18.0 Å². The van der Waals surface area contributed by atoms with Crippen molar-refractivity contribution in [2.75, 3.05) is 31.5 Å². The monoisotopic (exact) mass is 455 g/mol. The number of hydrogen-bond acceptors (Lipinski definition) is 4. The zero-order valence-corrected chi connectivity index (χ0v) is 17.9. The Hall–Kier alpha value is -2.13. The van der Waals surface area contributed by atoms with Crippen molar-refractivity contribution in [3.8, 4) is 0 Å². The summed E-state index contributed by atoms with van der Waals surface area (Å²) in [7, 11) is -3.79. The van der Waals surface area contributed by atoms with Crippen molar-refractivity contribution in [2.24, 2.45) is 0 Å². The van der Waals surface area contributed by atoms with E-state index >= 15 is 0 Å². The van der Waals surface area contributed by atoms with Gasteiger partial charge in [-0.05, 0) is 30.3 Å². The standard InChI is InChI=1S/C19H19Cl2N3O4S/c1-13(25)23-8-10-24(11-9-23)29(27,28)15-5-2-4-14(12-15)19(26)22-17-7-3-6-16(20)18(17)21/h2-7,12H,8-11H2,1H3,(H,22,26). The van der Waals surface area contributed by atoms with Gasteiger partial charge in [0.15, 0.2) is 0 Å². The largest absolute Gasteiger partial charge is 0.340 e. The fraction of sp³-hybridized carbons (Fsp3) is 0.263. The van der Waals surface area contributed by atoms with E-state index in [1.165, 1.54) is 35.5 Å². The fourth-order valence-electron chi connectivity index (χ4n) is 2.99. The molecule has 29 heavy (non-hydrogen) atoms. The van der Waals surface area contributed by atoms with Crippen molar-refractivity contribution in [3.05, 3.63) is 58.1 Å². The van der Waals surface area contributed by atoms with Gasteiger partial charge in [-0.3, -0.25) is 9.59 Å². The molecule has 0 bridgehead atoms. The highest BCUT2D eigenvalue weighted by Crippen LogP contribution is 2.30. The first-order chi connectivity index (χ1) is 13.7. The second-order valence-corrected chi connectivity index (χ2v) is 9.22. The van der Waals surface area contributed by atoms with Gasteiger partial charge in [0.2, 0.25) is 15.9 Å². The van der Waals surface area contributed by atoms with Crippen LogP contribution in [0.3, 0.4) is 0 Å². The molecule has 2 aromatic carbocycles. The van der Waals surface area contributed by atoms with Gasteiger partial charge in [0, 0.05) is 38.7 Å². The van der Waals surface area contributed by atoms with Crippen molar-refractivity contribution in [2.45, 2.75) is 11.8 Å². The van der Waals surface area contributed by atoms with E-state index < -0.39 is 15.9 Å². The molecule has 0 saturated carbocycles. The molecule has 1 N–H and O–H groups in total. The maximum atomic E-state index is 12.9. The Bertz CT molecular complexity index is 1050. The van der Waals surface area contributed by atoms with Crippen LogP contribution in [0.2, 0.25) is 10.0 Å². The lowest BCUT2D eigenvalue weighted by atomic mass is 10.2. The minimum atomic E-state index is -3.79. The smallest absolute Gasteiger partial charge is 0.255 e. The molecule has 0 spiro atoms. The van der Waals surface area contributed by atoms with E-state index in [0.717, 1.165) is 0 Å². The minimum Gasteiger partial charge on any atom is -0.340 e. The number of benzene rings is 2. The van der Waals surface area contributed by atoms with Crippen LogP contribution in [0.4, 0.5) is 5.69 Å². The Labute approximate surface area is 179 Å². The lowest BCUT2D eigenvalue weighted by Crippen LogP contribution is -2.49. The van der Waals surface area contributed by atoms with E-state index in [4.69, 9.17) is 23.2 Å². The first kappa shape index (κ1) is 21.6. The lowest BCUT2D eigenvalue weighted by molar-refractivity contribution is -0.129. The number of nitrogens with one attached hydrogen (secondary N) is 1. The van der Waals surface area contributed by atoms with Crippen LogP contribution in [-0.4, -0.2) is 55.6 Å². The Balaban J connectivity index is 1.79. The molecule has 1 heterocycles. The SMILES string of the molecule is CC(=O)N1CCN(S(=O)(=O)c2cccc(C(=O)Nc3cccc(Cl)c3Cl)c2)CC1. The molecule has 1 aliphatic heterocycles. The molecule has 0 atom stereocenters. The van der Waals surface area contributed by atoms with Crippen molar-refractivity contribution >= 4 is 50.7 Å². The van der Waals surface area contributed by atoms with E-state index in [2.05, 4.69) is 5.32 Å². The lowest BCUT2D eigenvalue weighted by Gasteiger charge is -2.33. The highest BCUT2D eigenvalue weighted by atomic mass is 35.5. The summed E-state index contributed by atoms with van der Waals surface area (Å²) in [6.45, 7) is 2.54. The molecule has 0 aliphatic carbocycles. The van der Waals surface area contributed by atoms with Crippen LogP contribution in [0.25, 0.3) is 0 Å². The summed E-state index contributed by atoms with van der Waals surface area (Å²) in [5.41, 5.74) is 0.502. The topological polar surface area (TPSA) is 86.8 Å². The van der Waals surface area contributed by atoms with Crippen LogP contribution < -0.4 is 5.32 Å². The van der Waals surface area contributed by atoms with Crippen LogP contribution in [0.1, 0.15) is 17.3 Å². The predicted molar refractivity (Wildman–Crippen MR) is 112 cm³/mol. The molecule has 10 heteroatoms. The fourth-order valence-corrected chi connectivity index (χ4v) is 4.80. The molecule has 0 radical (unpaired) electrons. The maximum absolute atomic E-state index is 12.9. The molecule has 1 saturated heterocycles. The number of hydrogen-bond donors (Lipinski definition) is 1. The normalized spacial score (nSPS) is 15.2. The number of carbonyl (C=O) groups excluding carboxylic acids is 2. The third kappa shape index (κ3) is 4.72. The zero-order valence-electron chi connectivity index (χ0n) is 15.6. The first-order valence-corrected chi connectivity index (χ1v) is 11.0. The molecule has 0 aromatic heterocycles. The predicted octanol–water partition coefficient (Wildman–Crippen LogP) is 3.10. The van der Waals surface area contributed by atoms with Gasteiger partial charge in [-0.15, -0.1) is 0 Å². The third-order valence-electron chi connectivity index (χ3n) is 4.62. The third-order valence-corrected chi connectivity index (χ3v) is 7.33. The number of rotatable bonds is 4. The first-order valence-electron chi connectivity index (χ1n) is 8.81. The maximum Gasteiger partial charge on any atom is 0.255 e. The summed E-state index contributed by atoms with van der Waals surface area (Å²) < 4.78 is 27.2. The van der Waals surface area contributed by atoms with Gasteiger partial charge in [0.25, 0.3) is 5.91 Å². The summed E-state index contributed by atoms with van der Waals surface area (Å²) in [5, 5.41) is 3.14. The molecule has 7 nitrogen and oxygen atoms in total. The van der Waals surface area contributed by atoms with Gasteiger partial charge in [-0.25, -0.2) is 8.42 Å². The van der Waals surface area contributed by atoms with Crippen LogP contribution in [0.5, 0.6) is 0 Å². The Morgan fingerprint density at radius 3 is 2.31 bits per heavy atom. The number of halogens is 2. The molecule has 3 rings (SSSR count). The molecule has 1 aliphatic rings. The van der Waals surface area contributed by atoms with E-state index in [1.807, 2.05) is 0 Å². The molecule has 154 valence electrons. The van der Waals surface area contributed by atoms with Crippen LogP contribution in [-0.2, 0) is 14.8 Å². The summed E-state index contributed by atoms with van der Waals surface area (Å²) in [6.07, 6.45) is 0. The summed E-state index contributed by atoms with van der Waals surface area (Å²) in [4.78, 5) is 25.6. The minimum absolute atomic E-state index is 0.0126. The molecular weight excluding hydrogens is 437 g/mol. The second-order valence-electron chi connectivity index (χ2n) is 6.49. The van der Waals surface area contributed by atoms with Crippen LogP contribution in [0.15, 0.2) is 47.4 Å². The molecule has 1 fully saturated rings. The highest BCUT2D eigenvalue weighted by molar-refractivity contribution is 7.89. The van der Waals surface area contributed by atoms with Crippen molar-refractivity contribution in [3.63, 3.8) is 0 Å². The highest BCUT2D eigenvalue weighted by Gasteiger charge is 2.29. The molecule has 2 aromatic rings. The number of amides is 2. The Morgan fingerprint density at radius 2 is 1.66 bits per heavy atom. The van der Waals surface area contributed by atoms with Gasteiger partial charge in [-0.2, -0.15) is 4.31 Å². The number of piperazine rings is 1. The van der Waals surface area contributed by atoms with Crippen LogP contribution in [0, 0.1) is 0 Å². The second kappa shape index (κ2) is 8.71. The van der Waals surface area contributed by atoms with E-state index in [0.29, 0.717) is 23.8 Å². The van der Waals surface area contributed by atoms with E-state index in [-0.39, 0.29) is 34.5 Å². The number of anilines is 1. The summed E-state index contributed by atoms with van der Waals surface area (Å²) in [6, 6.07) is 10.6. The Kier molecular flexibility index (Phi) is 6.48. The van der Waals surface area contributed by atoms with E-state index in [9.17, 15) is 18.0 Å². The number of sulfonamides is 1. The van der Waals surface area contributed by atoms with Gasteiger partial charge in [0.1, 0.15) is 0 Å². The summed E-state index contributed by atoms with van der Waals surface area (Å²) >= 11 is 12.0. The van der Waals surface area contributed by atoms with Crippen molar-refractivity contribution in [1.82, 2.24) is 9.21 Å². The average molecular weight is 456 g/mol. The van der Waals surface area contributed by atoms with Gasteiger partial charge in [0.05, 0.1) is 20.6 Å². The number of carbonyl (C=O) groups is 2. The zero-order chi connectivity index (χ0) is 21.2. The Morgan fingerprint density at radius 1 is 1.00 bits per heavy atom. The average Bonchev–Trinajstić information content (AvgIpc) is 2.71. The van der Waals surface area contributed by atoms with Gasteiger partial charge in [-0.1, -0.05) is 35.3 Å². The van der Waals surface area contributed by atoms with Gasteiger partial charge >= 0.3 is 0 Å². The van der Waals surface area contributed by atoms with E-state index in [1.54, 1.807) is 23.1 Å². The van der Waals surface area contributed by atoms with Crippen molar-refractivity contribution in [1.29, 1.82) is 0 Å². The number of nitrogens with zero attached hydrogens (tertiary/aromatic N) is 2. The quantitative estimate of drug-likeness (QED) is 0.766. The summed E-state index contributed by atoms with van der Waals surface area (Å²) in [5.74, 6) is -0.590. The molecule has 2 amide bonds. The molecular formula is C19H19Cl2N3O4S.